The van der Waals surface area contributed by atoms with Crippen LogP contribution in [0.3, 0.4) is 0 Å². The fourth-order valence-corrected chi connectivity index (χ4v) is 2.12. The molecular formula is C13H16N4O2. The number of ether oxygens (including phenoxy) is 2. The second-order valence-corrected chi connectivity index (χ2v) is 4.40. The van der Waals surface area contributed by atoms with E-state index < -0.39 is 0 Å². The molecule has 0 saturated carbocycles. The molecule has 0 bridgehead atoms. The zero-order chi connectivity index (χ0) is 13.2. The molecule has 1 aliphatic heterocycles. The van der Waals surface area contributed by atoms with Crippen LogP contribution in [0.1, 0.15) is 24.4 Å². The van der Waals surface area contributed by atoms with E-state index >= 15 is 0 Å². The molecule has 0 fully saturated rings. The lowest BCUT2D eigenvalue weighted by Crippen LogP contribution is -2.10. The first-order chi connectivity index (χ1) is 9.28. The highest BCUT2D eigenvalue weighted by Gasteiger charge is 2.20. The van der Waals surface area contributed by atoms with Gasteiger partial charge in [-0.05, 0) is 19.1 Å². The Morgan fingerprint density at radius 1 is 1.53 bits per heavy atom. The highest BCUT2D eigenvalue weighted by molar-refractivity contribution is 5.44. The average molecular weight is 260 g/mol. The van der Waals surface area contributed by atoms with Crippen LogP contribution in [0.4, 0.5) is 0 Å². The van der Waals surface area contributed by atoms with E-state index in [0.29, 0.717) is 13.2 Å². The maximum atomic E-state index is 5.90. The molecule has 1 atom stereocenters. The van der Waals surface area contributed by atoms with Gasteiger partial charge in [0.1, 0.15) is 31.0 Å². The summed E-state index contributed by atoms with van der Waals surface area (Å²) in [6, 6.07) is 5.69. The number of hydrogen-bond acceptors (Lipinski definition) is 5. The van der Waals surface area contributed by atoms with Crippen molar-refractivity contribution in [2.24, 2.45) is 5.73 Å². The Kier molecular flexibility index (Phi) is 3.08. The lowest BCUT2D eigenvalue weighted by atomic mass is 10.1. The van der Waals surface area contributed by atoms with Gasteiger partial charge in [-0.2, -0.15) is 5.10 Å². The van der Waals surface area contributed by atoms with Crippen LogP contribution >= 0.6 is 0 Å². The standard InChI is InChI=1S/C13H16N4O2/c1-2-17-13(15-8-16-17)7-18-9-3-4-10-11(14)6-19-12(10)5-9/h3-5,8,11H,2,6-7,14H2,1H3. The molecule has 0 radical (unpaired) electrons. The Bertz CT molecular complexity index is 582. The van der Waals surface area contributed by atoms with E-state index in [9.17, 15) is 0 Å². The Morgan fingerprint density at radius 3 is 3.26 bits per heavy atom. The van der Waals surface area contributed by atoms with Crippen molar-refractivity contribution < 1.29 is 9.47 Å². The zero-order valence-corrected chi connectivity index (χ0v) is 10.7. The summed E-state index contributed by atoms with van der Waals surface area (Å²) in [5.74, 6) is 2.36. The van der Waals surface area contributed by atoms with Gasteiger partial charge in [0.2, 0.25) is 0 Å². The van der Waals surface area contributed by atoms with Gasteiger partial charge in [-0.1, -0.05) is 0 Å². The maximum Gasteiger partial charge on any atom is 0.164 e. The summed E-state index contributed by atoms with van der Waals surface area (Å²) in [7, 11) is 0. The summed E-state index contributed by atoms with van der Waals surface area (Å²) in [4.78, 5) is 4.16. The predicted molar refractivity (Wildman–Crippen MR) is 68.9 cm³/mol. The molecule has 6 nitrogen and oxygen atoms in total. The Hall–Kier alpha value is -2.08. The van der Waals surface area contributed by atoms with E-state index in [1.54, 1.807) is 4.68 Å². The summed E-state index contributed by atoms with van der Waals surface area (Å²) in [5.41, 5.74) is 6.93. The predicted octanol–water partition coefficient (Wildman–Crippen LogP) is 1.27. The number of fused-ring (bicyclic) bond motifs is 1. The second-order valence-electron chi connectivity index (χ2n) is 4.40. The lowest BCUT2D eigenvalue weighted by Gasteiger charge is -2.08. The van der Waals surface area contributed by atoms with E-state index in [1.807, 2.05) is 25.1 Å². The van der Waals surface area contributed by atoms with Gasteiger partial charge in [0.15, 0.2) is 5.82 Å². The topological polar surface area (TPSA) is 75.2 Å². The van der Waals surface area contributed by atoms with E-state index in [1.165, 1.54) is 6.33 Å². The normalized spacial score (nSPS) is 17.1. The number of aromatic nitrogens is 3. The molecule has 2 aromatic rings. The van der Waals surface area contributed by atoms with Crippen LogP contribution in [-0.4, -0.2) is 21.4 Å². The van der Waals surface area contributed by atoms with Crippen LogP contribution in [0.2, 0.25) is 0 Å². The van der Waals surface area contributed by atoms with Gasteiger partial charge in [-0.25, -0.2) is 9.67 Å². The van der Waals surface area contributed by atoms with Crippen molar-refractivity contribution in [2.75, 3.05) is 6.61 Å². The summed E-state index contributed by atoms with van der Waals surface area (Å²) in [5, 5.41) is 4.10. The molecule has 19 heavy (non-hydrogen) atoms. The SMILES string of the molecule is CCn1ncnc1COc1ccc2c(c1)OCC2N. The molecule has 100 valence electrons. The van der Waals surface area contributed by atoms with Crippen molar-refractivity contribution >= 4 is 0 Å². The molecule has 1 unspecified atom stereocenters. The summed E-state index contributed by atoms with van der Waals surface area (Å²) in [6.45, 7) is 3.71. The van der Waals surface area contributed by atoms with Crippen molar-refractivity contribution in [1.29, 1.82) is 0 Å². The van der Waals surface area contributed by atoms with E-state index in [0.717, 1.165) is 29.4 Å². The maximum absolute atomic E-state index is 5.90. The minimum Gasteiger partial charge on any atom is -0.491 e. The summed E-state index contributed by atoms with van der Waals surface area (Å²) < 4.78 is 13.0. The van der Waals surface area contributed by atoms with Crippen LogP contribution in [0, 0.1) is 0 Å². The average Bonchev–Trinajstić information content (AvgIpc) is 3.03. The van der Waals surface area contributed by atoms with Gasteiger partial charge in [0, 0.05) is 18.2 Å². The van der Waals surface area contributed by atoms with Gasteiger partial charge in [-0.3, -0.25) is 0 Å². The first-order valence-corrected chi connectivity index (χ1v) is 6.29. The third-order valence-corrected chi connectivity index (χ3v) is 3.17. The van der Waals surface area contributed by atoms with Gasteiger partial charge >= 0.3 is 0 Å². The smallest absolute Gasteiger partial charge is 0.164 e. The Labute approximate surface area is 111 Å². The molecule has 1 aromatic heterocycles. The molecule has 0 saturated heterocycles. The van der Waals surface area contributed by atoms with Crippen molar-refractivity contribution in [3.8, 4) is 11.5 Å². The van der Waals surface area contributed by atoms with E-state index in [4.69, 9.17) is 15.2 Å². The van der Waals surface area contributed by atoms with Crippen LogP contribution in [0.25, 0.3) is 0 Å². The molecule has 1 aromatic carbocycles. The minimum atomic E-state index is -0.0350. The van der Waals surface area contributed by atoms with Crippen molar-refractivity contribution in [3.63, 3.8) is 0 Å². The minimum absolute atomic E-state index is 0.0350. The Balaban J connectivity index is 1.71. The molecule has 2 heterocycles. The third-order valence-electron chi connectivity index (χ3n) is 3.17. The monoisotopic (exact) mass is 260 g/mol. The number of benzene rings is 1. The first-order valence-electron chi connectivity index (χ1n) is 6.29. The molecule has 2 N–H and O–H groups in total. The number of hydrogen-bond donors (Lipinski definition) is 1. The second kappa shape index (κ2) is 4.89. The number of rotatable bonds is 4. The van der Waals surface area contributed by atoms with Crippen LogP contribution in [0.15, 0.2) is 24.5 Å². The lowest BCUT2D eigenvalue weighted by molar-refractivity contribution is 0.284. The highest BCUT2D eigenvalue weighted by Crippen LogP contribution is 2.34. The van der Waals surface area contributed by atoms with E-state index in [2.05, 4.69) is 10.1 Å². The fraction of sp³-hybridized carbons (Fsp3) is 0.385. The molecule has 0 aliphatic carbocycles. The molecule has 1 aliphatic rings. The summed E-state index contributed by atoms with van der Waals surface area (Å²) in [6.07, 6.45) is 1.53. The van der Waals surface area contributed by atoms with Crippen LogP contribution < -0.4 is 15.2 Å². The fourth-order valence-electron chi connectivity index (χ4n) is 2.12. The first kappa shape index (κ1) is 12.0. The molecule has 6 heteroatoms. The van der Waals surface area contributed by atoms with Gasteiger partial charge in [0.05, 0.1) is 6.04 Å². The molecule has 0 amide bonds. The number of aryl methyl sites for hydroxylation is 1. The molecule has 3 rings (SSSR count). The Morgan fingerprint density at radius 2 is 2.42 bits per heavy atom. The van der Waals surface area contributed by atoms with Crippen molar-refractivity contribution in [2.45, 2.75) is 26.1 Å². The molecule has 0 spiro atoms. The number of nitrogens with zero attached hydrogens (tertiary/aromatic N) is 3. The van der Waals surface area contributed by atoms with Gasteiger partial charge in [0.25, 0.3) is 0 Å². The van der Waals surface area contributed by atoms with Gasteiger partial charge in [-0.15, -0.1) is 0 Å². The van der Waals surface area contributed by atoms with E-state index in [-0.39, 0.29) is 6.04 Å². The third kappa shape index (κ3) is 2.26. The zero-order valence-electron chi connectivity index (χ0n) is 10.7. The quantitative estimate of drug-likeness (QED) is 0.896. The van der Waals surface area contributed by atoms with Gasteiger partial charge < -0.3 is 15.2 Å². The molecular weight excluding hydrogens is 244 g/mol. The van der Waals surface area contributed by atoms with Crippen LogP contribution in [0.5, 0.6) is 11.5 Å². The van der Waals surface area contributed by atoms with Crippen molar-refractivity contribution in [1.82, 2.24) is 14.8 Å². The van der Waals surface area contributed by atoms with Crippen LogP contribution in [-0.2, 0) is 13.2 Å². The summed E-state index contributed by atoms with van der Waals surface area (Å²) >= 11 is 0. The highest BCUT2D eigenvalue weighted by atomic mass is 16.5. The largest absolute Gasteiger partial charge is 0.491 e. The number of nitrogens with two attached hydrogens (primary N) is 1. The van der Waals surface area contributed by atoms with Crippen molar-refractivity contribution in [3.05, 3.63) is 35.9 Å².